The Balaban J connectivity index is 4.87. The molecule has 0 N–H and O–H groups in total. The fraction of sp³-hybridized carbons (Fsp3) is 0.364. The maximum atomic E-state index is 4.31. The molecular formula is C11H18BN. The van der Waals surface area contributed by atoms with E-state index in [-0.39, 0.29) is 5.41 Å². The van der Waals surface area contributed by atoms with Crippen molar-refractivity contribution >= 4 is 14.1 Å². The van der Waals surface area contributed by atoms with Crippen LogP contribution in [-0.2, 0) is 0 Å². The largest absolute Gasteiger partial charge is 0.261 e. The first-order valence-corrected chi connectivity index (χ1v) is 4.40. The Morgan fingerprint density at radius 3 is 2.23 bits per heavy atom. The fourth-order valence-electron chi connectivity index (χ4n) is 0.814. The highest BCUT2D eigenvalue weighted by molar-refractivity contribution is 6.23. The van der Waals surface area contributed by atoms with Crippen LogP contribution in [0.1, 0.15) is 20.8 Å². The molecule has 0 rings (SSSR count). The van der Waals surface area contributed by atoms with Crippen LogP contribution in [0.5, 0.6) is 0 Å². The van der Waals surface area contributed by atoms with Crippen LogP contribution < -0.4 is 0 Å². The molecule has 0 fully saturated rings. The third-order valence-electron chi connectivity index (χ3n) is 1.47. The highest BCUT2D eigenvalue weighted by Crippen LogP contribution is 2.26. The molecule has 0 saturated carbocycles. The van der Waals surface area contributed by atoms with Crippen molar-refractivity contribution in [3.8, 4) is 0 Å². The molecule has 13 heavy (non-hydrogen) atoms. The molecule has 0 bridgehead atoms. The van der Waals surface area contributed by atoms with Gasteiger partial charge < -0.3 is 0 Å². The van der Waals surface area contributed by atoms with Gasteiger partial charge in [-0.1, -0.05) is 38.9 Å². The lowest BCUT2D eigenvalue weighted by Crippen LogP contribution is -2.08. The van der Waals surface area contributed by atoms with Gasteiger partial charge in [0.2, 0.25) is 0 Å². The van der Waals surface area contributed by atoms with Gasteiger partial charge in [-0.25, -0.2) is 0 Å². The minimum Gasteiger partial charge on any atom is -0.261 e. The van der Waals surface area contributed by atoms with Gasteiger partial charge in [0.05, 0.1) is 0 Å². The van der Waals surface area contributed by atoms with Crippen LogP contribution in [0.25, 0.3) is 0 Å². The van der Waals surface area contributed by atoms with Crippen LogP contribution in [0.15, 0.2) is 41.5 Å². The second-order valence-corrected chi connectivity index (χ2v) is 4.14. The van der Waals surface area contributed by atoms with Crippen LogP contribution in [0.4, 0.5) is 0 Å². The molecule has 0 atom stereocenters. The molecular weight excluding hydrogens is 157 g/mol. The summed E-state index contributed by atoms with van der Waals surface area (Å²) in [4.78, 5) is 4.31. The molecule has 70 valence electrons. The maximum absolute atomic E-state index is 4.31. The van der Waals surface area contributed by atoms with Gasteiger partial charge >= 0.3 is 0 Å². The molecule has 0 aromatic rings. The molecule has 0 aromatic carbocycles. The first-order chi connectivity index (χ1) is 5.88. The predicted octanol–water partition coefficient (Wildman–Crippen LogP) is 2.32. The van der Waals surface area contributed by atoms with E-state index in [1.165, 1.54) is 0 Å². The zero-order valence-electron chi connectivity index (χ0n) is 9.09. The van der Waals surface area contributed by atoms with E-state index in [1.807, 2.05) is 13.9 Å². The Labute approximate surface area is 82.4 Å². The molecule has 0 saturated heterocycles. The maximum Gasteiger partial charge on any atom is 0.138 e. The minimum absolute atomic E-state index is 0.0540. The number of hydrogen-bond donors (Lipinski definition) is 0. The van der Waals surface area contributed by atoms with Gasteiger partial charge in [0.25, 0.3) is 0 Å². The van der Waals surface area contributed by atoms with Gasteiger partial charge in [-0.15, -0.1) is 6.58 Å². The van der Waals surface area contributed by atoms with Gasteiger partial charge in [-0.05, 0) is 6.08 Å². The summed E-state index contributed by atoms with van der Waals surface area (Å²) < 4.78 is 0. The highest BCUT2D eigenvalue weighted by Gasteiger charge is 2.15. The molecule has 0 heterocycles. The number of aliphatic imine (C=N–C) groups is 1. The average Bonchev–Trinajstić information content (AvgIpc) is 1.95. The average molecular weight is 175 g/mol. The monoisotopic (exact) mass is 175 g/mol. The first kappa shape index (κ1) is 12.0. The van der Waals surface area contributed by atoms with Crippen molar-refractivity contribution in [3.63, 3.8) is 0 Å². The van der Waals surface area contributed by atoms with Crippen LogP contribution in [0.3, 0.4) is 0 Å². The molecule has 0 amide bonds. The van der Waals surface area contributed by atoms with Crippen molar-refractivity contribution in [2.75, 3.05) is 0 Å². The molecule has 0 radical (unpaired) electrons. The van der Waals surface area contributed by atoms with Crippen molar-refractivity contribution in [1.82, 2.24) is 0 Å². The van der Waals surface area contributed by atoms with E-state index >= 15 is 0 Å². The summed E-state index contributed by atoms with van der Waals surface area (Å²) >= 11 is 0. The summed E-state index contributed by atoms with van der Waals surface area (Å²) in [5.41, 5.74) is 2.10. The van der Waals surface area contributed by atoms with Gasteiger partial charge in [0, 0.05) is 17.3 Å². The van der Waals surface area contributed by atoms with E-state index in [0.29, 0.717) is 0 Å². The SMILES string of the molecule is BC(=C)/C=C(\N=C/C=C)C(C)(C)C. The zero-order valence-corrected chi connectivity index (χ0v) is 9.09. The fourth-order valence-corrected chi connectivity index (χ4v) is 0.814. The highest BCUT2D eigenvalue weighted by atomic mass is 14.7. The normalized spacial score (nSPS) is 13.3. The Morgan fingerprint density at radius 2 is 1.92 bits per heavy atom. The van der Waals surface area contributed by atoms with Gasteiger partial charge in [-0.3, -0.25) is 4.99 Å². The van der Waals surface area contributed by atoms with Crippen molar-refractivity contribution in [3.05, 3.63) is 36.5 Å². The Hall–Kier alpha value is -1.05. The standard InChI is InChI=1S/C11H18BN/c1-6-7-13-10(8-9(2)12)11(3,4)5/h6-8H,1-2,12H2,3-5H3/b10-8-,13-7-. The predicted molar refractivity (Wildman–Crippen MR) is 63.9 cm³/mol. The number of hydrogen-bond acceptors (Lipinski definition) is 1. The second kappa shape index (κ2) is 4.85. The quantitative estimate of drug-likeness (QED) is 0.354. The summed E-state index contributed by atoms with van der Waals surface area (Å²) in [5.74, 6) is 0. The minimum atomic E-state index is 0.0540. The van der Waals surface area contributed by atoms with Gasteiger partial charge in [0.15, 0.2) is 0 Å². The van der Waals surface area contributed by atoms with E-state index < -0.39 is 0 Å². The Morgan fingerprint density at radius 1 is 1.38 bits per heavy atom. The number of allylic oxidation sites excluding steroid dienone is 4. The first-order valence-electron chi connectivity index (χ1n) is 4.40. The molecule has 0 aromatic heterocycles. The third-order valence-corrected chi connectivity index (χ3v) is 1.47. The van der Waals surface area contributed by atoms with E-state index in [0.717, 1.165) is 11.2 Å². The van der Waals surface area contributed by atoms with E-state index in [9.17, 15) is 0 Å². The van der Waals surface area contributed by atoms with Crippen molar-refractivity contribution in [1.29, 1.82) is 0 Å². The van der Waals surface area contributed by atoms with Crippen LogP contribution in [0.2, 0.25) is 0 Å². The van der Waals surface area contributed by atoms with Gasteiger partial charge in [0.1, 0.15) is 7.85 Å². The molecule has 2 heteroatoms. The molecule has 0 unspecified atom stereocenters. The summed E-state index contributed by atoms with van der Waals surface area (Å²) in [7, 11) is 1.97. The topological polar surface area (TPSA) is 12.4 Å². The lowest BCUT2D eigenvalue weighted by atomic mass is 9.87. The molecule has 0 aliphatic rings. The lowest BCUT2D eigenvalue weighted by Gasteiger charge is -2.19. The van der Waals surface area contributed by atoms with E-state index in [2.05, 4.69) is 38.9 Å². The van der Waals surface area contributed by atoms with E-state index in [1.54, 1.807) is 12.3 Å². The Kier molecular flexibility index (Phi) is 4.46. The summed E-state index contributed by atoms with van der Waals surface area (Å²) in [6.45, 7) is 13.8. The van der Waals surface area contributed by atoms with Crippen LogP contribution in [0, 0.1) is 5.41 Å². The van der Waals surface area contributed by atoms with Crippen molar-refractivity contribution in [2.24, 2.45) is 10.4 Å². The van der Waals surface area contributed by atoms with Crippen molar-refractivity contribution < 1.29 is 0 Å². The van der Waals surface area contributed by atoms with Crippen LogP contribution in [-0.4, -0.2) is 14.1 Å². The second-order valence-electron chi connectivity index (χ2n) is 4.14. The van der Waals surface area contributed by atoms with Crippen LogP contribution >= 0.6 is 0 Å². The zero-order chi connectivity index (χ0) is 10.5. The molecule has 0 aliphatic heterocycles. The molecule has 1 nitrogen and oxygen atoms in total. The van der Waals surface area contributed by atoms with E-state index in [4.69, 9.17) is 0 Å². The summed E-state index contributed by atoms with van der Waals surface area (Å²) in [6.07, 6.45) is 5.39. The Bertz CT molecular complexity index is 254. The van der Waals surface area contributed by atoms with Crippen molar-refractivity contribution in [2.45, 2.75) is 20.8 Å². The molecule has 0 spiro atoms. The molecule has 0 aliphatic carbocycles. The number of rotatable bonds is 3. The third kappa shape index (κ3) is 5.23. The lowest BCUT2D eigenvalue weighted by molar-refractivity contribution is 0.499. The van der Waals surface area contributed by atoms with Gasteiger partial charge in [-0.2, -0.15) is 0 Å². The number of nitrogens with zero attached hydrogens (tertiary/aromatic N) is 1. The summed E-state index contributed by atoms with van der Waals surface area (Å²) in [5, 5.41) is 0. The summed E-state index contributed by atoms with van der Waals surface area (Å²) in [6, 6.07) is 0. The smallest absolute Gasteiger partial charge is 0.138 e.